The summed E-state index contributed by atoms with van der Waals surface area (Å²) in [4.78, 5) is 7.31. The molecule has 0 amide bonds. The first-order valence-corrected chi connectivity index (χ1v) is 8.22. The maximum Gasteiger partial charge on any atom is 0.191 e. The molecule has 1 fully saturated rings. The van der Waals surface area contributed by atoms with Crippen LogP contribution in [0.25, 0.3) is 0 Å². The maximum atomic E-state index is 4.77. The summed E-state index contributed by atoms with van der Waals surface area (Å²) in [7, 11) is 0. The Balaban J connectivity index is 0.00000400. The summed E-state index contributed by atoms with van der Waals surface area (Å²) in [6, 6.07) is 0.637. The lowest BCUT2D eigenvalue weighted by Crippen LogP contribution is -2.40. The molecule has 0 bridgehead atoms. The SMILES string of the molecule is CCNC(=NCC1CCCN1CC)NCCC(C)(C)C.I. The molecule has 1 aliphatic heterocycles. The Morgan fingerprint density at radius 2 is 1.95 bits per heavy atom. The molecule has 1 aliphatic rings. The molecule has 126 valence electrons. The number of likely N-dealkylation sites (tertiary alicyclic amines) is 1. The molecular weight excluding hydrogens is 375 g/mol. The van der Waals surface area contributed by atoms with Crippen LogP contribution in [-0.2, 0) is 0 Å². The Hall–Kier alpha value is -0.0400. The van der Waals surface area contributed by atoms with Gasteiger partial charge in [0, 0.05) is 19.1 Å². The van der Waals surface area contributed by atoms with E-state index in [4.69, 9.17) is 4.99 Å². The van der Waals surface area contributed by atoms with Gasteiger partial charge in [-0.15, -0.1) is 24.0 Å². The second-order valence-electron chi connectivity index (χ2n) is 6.88. The van der Waals surface area contributed by atoms with E-state index in [9.17, 15) is 0 Å². The minimum atomic E-state index is 0. The van der Waals surface area contributed by atoms with Crippen molar-refractivity contribution in [2.45, 2.75) is 59.9 Å². The summed E-state index contributed by atoms with van der Waals surface area (Å²) < 4.78 is 0. The van der Waals surface area contributed by atoms with Crippen LogP contribution in [-0.4, -0.2) is 49.6 Å². The normalized spacial score (nSPS) is 20.2. The second kappa shape index (κ2) is 10.6. The minimum Gasteiger partial charge on any atom is -0.357 e. The highest BCUT2D eigenvalue weighted by Gasteiger charge is 2.22. The van der Waals surface area contributed by atoms with Gasteiger partial charge in [-0.1, -0.05) is 27.7 Å². The van der Waals surface area contributed by atoms with Crippen LogP contribution in [0.3, 0.4) is 0 Å². The molecule has 1 unspecified atom stereocenters. The lowest BCUT2D eigenvalue weighted by atomic mass is 9.92. The van der Waals surface area contributed by atoms with E-state index in [-0.39, 0.29) is 24.0 Å². The smallest absolute Gasteiger partial charge is 0.191 e. The fourth-order valence-corrected chi connectivity index (χ4v) is 2.61. The van der Waals surface area contributed by atoms with E-state index in [1.807, 2.05) is 0 Å². The van der Waals surface area contributed by atoms with Gasteiger partial charge in [-0.25, -0.2) is 0 Å². The first-order chi connectivity index (χ1) is 9.46. The highest BCUT2D eigenvalue weighted by atomic mass is 127. The summed E-state index contributed by atoms with van der Waals surface area (Å²) in [6.07, 6.45) is 3.77. The third-order valence-corrected chi connectivity index (χ3v) is 3.88. The van der Waals surface area contributed by atoms with Crippen LogP contribution in [0.5, 0.6) is 0 Å². The van der Waals surface area contributed by atoms with Crippen molar-refractivity contribution in [3.8, 4) is 0 Å². The maximum absolute atomic E-state index is 4.77. The molecule has 0 aliphatic carbocycles. The van der Waals surface area contributed by atoms with Gasteiger partial charge in [0.25, 0.3) is 0 Å². The van der Waals surface area contributed by atoms with E-state index in [0.29, 0.717) is 11.5 Å². The van der Waals surface area contributed by atoms with E-state index in [0.717, 1.165) is 38.6 Å². The average Bonchev–Trinajstić information content (AvgIpc) is 2.81. The van der Waals surface area contributed by atoms with Crippen molar-refractivity contribution in [2.75, 3.05) is 32.7 Å². The van der Waals surface area contributed by atoms with Gasteiger partial charge < -0.3 is 10.6 Å². The van der Waals surface area contributed by atoms with Crippen molar-refractivity contribution >= 4 is 29.9 Å². The van der Waals surface area contributed by atoms with E-state index < -0.39 is 0 Å². The van der Waals surface area contributed by atoms with Gasteiger partial charge in [0.05, 0.1) is 6.54 Å². The number of hydrogen-bond acceptors (Lipinski definition) is 2. The zero-order valence-electron chi connectivity index (χ0n) is 14.5. The molecular formula is C16H35IN4. The summed E-state index contributed by atoms with van der Waals surface area (Å²) in [5.74, 6) is 0.972. The third kappa shape index (κ3) is 8.86. The van der Waals surface area contributed by atoms with Crippen molar-refractivity contribution in [2.24, 2.45) is 10.4 Å². The molecule has 1 saturated heterocycles. The van der Waals surface area contributed by atoms with Crippen LogP contribution in [0.4, 0.5) is 0 Å². The van der Waals surface area contributed by atoms with E-state index >= 15 is 0 Å². The number of likely N-dealkylation sites (N-methyl/N-ethyl adjacent to an activating group) is 1. The average molecular weight is 410 g/mol. The van der Waals surface area contributed by atoms with Gasteiger partial charge in [-0.3, -0.25) is 9.89 Å². The summed E-state index contributed by atoms with van der Waals surface area (Å²) in [5.41, 5.74) is 0.370. The highest BCUT2D eigenvalue weighted by molar-refractivity contribution is 14.0. The summed E-state index contributed by atoms with van der Waals surface area (Å²) in [6.45, 7) is 16.4. The quantitative estimate of drug-likeness (QED) is 0.402. The van der Waals surface area contributed by atoms with E-state index in [2.05, 4.69) is 50.2 Å². The summed E-state index contributed by atoms with van der Waals surface area (Å²) >= 11 is 0. The summed E-state index contributed by atoms with van der Waals surface area (Å²) in [5, 5.41) is 6.80. The molecule has 0 spiro atoms. The van der Waals surface area contributed by atoms with Crippen LogP contribution >= 0.6 is 24.0 Å². The number of nitrogens with zero attached hydrogens (tertiary/aromatic N) is 2. The third-order valence-electron chi connectivity index (χ3n) is 3.88. The molecule has 21 heavy (non-hydrogen) atoms. The fourth-order valence-electron chi connectivity index (χ4n) is 2.61. The number of aliphatic imine (C=N–C) groups is 1. The van der Waals surface area contributed by atoms with Crippen molar-refractivity contribution in [3.63, 3.8) is 0 Å². The van der Waals surface area contributed by atoms with Crippen molar-refractivity contribution in [1.82, 2.24) is 15.5 Å². The van der Waals surface area contributed by atoms with Crippen molar-refractivity contribution in [3.05, 3.63) is 0 Å². The molecule has 1 atom stereocenters. The molecule has 2 N–H and O–H groups in total. The molecule has 0 aromatic carbocycles. The Morgan fingerprint density at radius 1 is 1.24 bits per heavy atom. The van der Waals surface area contributed by atoms with Gasteiger partial charge in [0.2, 0.25) is 0 Å². The van der Waals surface area contributed by atoms with Crippen LogP contribution in [0, 0.1) is 5.41 Å². The standard InChI is InChI=1S/C16H34N4.HI/c1-6-17-15(18-11-10-16(3,4)5)19-13-14-9-8-12-20(14)7-2;/h14H,6-13H2,1-5H3,(H2,17,18,19);1H. The number of guanidine groups is 1. The number of hydrogen-bond donors (Lipinski definition) is 2. The molecule has 0 aromatic rings. The second-order valence-corrected chi connectivity index (χ2v) is 6.88. The molecule has 0 aromatic heterocycles. The van der Waals surface area contributed by atoms with Crippen LogP contribution < -0.4 is 10.6 Å². The predicted octanol–water partition coefficient (Wildman–Crippen LogP) is 3.08. The predicted molar refractivity (Wildman–Crippen MR) is 104 cm³/mol. The van der Waals surface area contributed by atoms with Gasteiger partial charge >= 0.3 is 0 Å². The number of nitrogens with one attached hydrogen (secondary N) is 2. The van der Waals surface area contributed by atoms with Gasteiger partial charge in [0.1, 0.15) is 0 Å². The number of rotatable bonds is 6. The van der Waals surface area contributed by atoms with E-state index in [1.54, 1.807) is 0 Å². The molecule has 0 saturated carbocycles. The largest absolute Gasteiger partial charge is 0.357 e. The lowest BCUT2D eigenvalue weighted by molar-refractivity contribution is 0.273. The zero-order valence-corrected chi connectivity index (χ0v) is 16.9. The Kier molecular flexibility index (Phi) is 10.6. The van der Waals surface area contributed by atoms with Gasteiger partial charge in [-0.05, 0) is 44.7 Å². The number of halogens is 1. The Bertz CT molecular complexity index is 299. The van der Waals surface area contributed by atoms with Crippen LogP contribution in [0.15, 0.2) is 4.99 Å². The van der Waals surface area contributed by atoms with Gasteiger partial charge in [0.15, 0.2) is 5.96 Å². The first-order valence-electron chi connectivity index (χ1n) is 8.22. The Morgan fingerprint density at radius 3 is 2.52 bits per heavy atom. The fraction of sp³-hybridized carbons (Fsp3) is 0.938. The first kappa shape index (κ1) is 21.0. The minimum absolute atomic E-state index is 0. The monoisotopic (exact) mass is 410 g/mol. The van der Waals surface area contributed by atoms with Gasteiger partial charge in [-0.2, -0.15) is 0 Å². The van der Waals surface area contributed by atoms with Crippen LogP contribution in [0.1, 0.15) is 53.9 Å². The van der Waals surface area contributed by atoms with Crippen molar-refractivity contribution < 1.29 is 0 Å². The topological polar surface area (TPSA) is 39.7 Å². The Labute approximate surface area is 148 Å². The zero-order chi connectivity index (χ0) is 15.0. The molecule has 1 heterocycles. The molecule has 0 radical (unpaired) electrons. The molecule has 5 heteroatoms. The van der Waals surface area contributed by atoms with Crippen molar-refractivity contribution in [1.29, 1.82) is 0 Å². The molecule has 4 nitrogen and oxygen atoms in total. The highest BCUT2D eigenvalue weighted by Crippen LogP contribution is 2.17. The lowest BCUT2D eigenvalue weighted by Gasteiger charge is -2.22. The van der Waals surface area contributed by atoms with E-state index in [1.165, 1.54) is 19.4 Å². The van der Waals surface area contributed by atoms with Crippen LogP contribution in [0.2, 0.25) is 0 Å². The molecule has 1 rings (SSSR count).